The second-order valence-corrected chi connectivity index (χ2v) is 4.22. The number of carbonyl (C=O) groups is 1. The minimum absolute atomic E-state index is 0. The summed E-state index contributed by atoms with van der Waals surface area (Å²) in [5, 5.41) is 6.18. The van der Waals surface area contributed by atoms with E-state index in [1.165, 1.54) is 12.1 Å². The summed E-state index contributed by atoms with van der Waals surface area (Å²) in [6, 6.07) is 4.13. The van der Waals surface area contributed by atoms with E-state index in [0.29, 0.717) is 0 Å². The minimum atomic E-state index is -0.587. The summed E-state index contributed by atoms with van der Waals surface area (Å²) in [5.74, 6) is -0.973. The Kier molecular flexibility index (Phi) is 5.18. The van der Waals surface area contributed by atoms with Gasteiger partial charge in [-0.3, -0.25) is 4.79 Å². The van der Waals surface area contributed by atoms with Crippen molar-refractivity contribution in [2.75, 3.05) is 13.1 Å². The molecule has 0 aliphatic carbocycles. The lowest BCUT2D eigenvalue weighted by molar-refractivity contribution is 0.0936. The van der Waals surface area contributed by atoms with E-state index < -0.39 is 5.82 Å². The summed E-state index contributed by atoms with van der Waals surface area (Å²) >= 11 is 5.61. The highest BCUT2D eigenvalue weighted by Gasteiger charge is 2.19. The molecule has 2 rings (SSSR count). The van der Waals surface area contributed by atoms with E-state index >= 15 is 0 Å². The van der Waals surface area contributed by atoms with Crippen LogP contribution in [0.25, 0.3) is 0 Å². The van der Waals surface area contributed by atoms with Gasteiger partial charge in [-0.15, -0.1) is 12.4 Å². The number of carbonyl (C=O) groups excluding carboxylic acids is 1. The van der Waals surface area contributed by atoms with Crippen LogP contribution >= 0.6 is 24.0 Å². The number of hydrogen-bond acceptors (Lipinski definition) is 2. The molecule has 1 aromatic rings. The summed E-state index contributed by atoms with van der Waals surface area (Å²) in [6.45, 7) is 1.62. The molecule has 1 aromatic carbocycles. The van der Waals surface area contributed by atoms with Crippen LogP contribution in [0.4, 0.5) is 4.39 Å². The molecule has 1 aliphatic rings. The van der Waals surface area contributed by atoms with Gasteiger partial charge in [0.2, 0.25) is 0 Å². The lowest BCUT2D eigenvalue weighted by Gasteiger charge is -2.11. The lowest BCUT2D eigenvalue weighted by atomic mass is 10.1. The highest BCUT2D eigenvalue weighted by molar-refractivity contribution is 6.30. The first-order chi connectivity index (χ1) is 7.66. The van der Waals surface area contributed by atoms with Gasteiger partial charge in [-0.25, -0.2) is 4.39 Å². The molecule has 1 atom stereocenters. The number of amides is 1. The van der Waals surface area contributed by atoms with Gasteiger partial charge in [0.05, 0.1) is 5.56 Å². The molecule has 0 aromatic heterocycles. The normalized spacial score (nSPS) is 18.6. The topological polar surface area (TPSA) is 41.1 Å². The van der Waals surface area contributed by atoms with E-state index in [0.717, 1.165) is 25.6 Å². The summed E-state index contributed by atoms with van der Waals surface area (Å²) in [5.41, 5.74) is 0.0382. The van der Waals surface area contributed by atoms with Gasteiger partial charge in [0.25, 0.3) is 5.91 Å². The van der Waals surface area contributed by atoms with Crippen molar-refractivity contribution in [2.24, 2.45) is 0 Å². The van der Waals surface area contributed by atoms with Gasteiger partial charge in [0.1, 0.15) is 5.82 Å². The smallest absolute Gasteiger partial charge is 0.254 e. The molecule has 1 fully saturated rings. The monoisotopic (exact) mass is 278 g/mol. The van der Waals surface area contributed by atoms with Crippen molar-refractivity contribution in [3.05, 3.63) is 34.6 Å². The van der Waals surface area contributed by atoms with Crippen molar-refractivity contribution >= 4 is 29.9 Å². The molecule has 1 heterocycles. The third-order valence-corrected chi connectivity index (χ3v) is 2.81. The van der Waals surface area contributed by atoms with Crippen LogP contribution in [0, 0.1) is 5.82 Å². The molecule has 1 amide bonds. The Bertz CT molecular complexity index is 408. The molecule has 0 bridgehead atoms. The highest BCUT2D eigenvalue weighted by atomic mass is 35.5. The molecular weight excluding hydrogens is 266 g/mol. The molecule has 2 N–H and O–H groups in total. The fourth-order valence-electron chi connectivity index (χ4n) is 1.71. The molecule has 0 radical (unpaired) electrons. The Morgan fingerprint density at radius 3 is 2.88 bits per heavy atom. The second kappa shape index (κ2) is 6.19. The maximum atomic E-state index is 13.4. The van der Waals surface area contributed by atoms with Crippen LogP contribution in [0.1, 0.15) is 16.8 Å². The summed E-state index contributed by atoms with van der Waals surface area (Å²) < 4.78 is 13.4. The first-order valence-corrected chi connectivity index (χ1v) is 5.51. The fraction of sp³-hybridized carbons (Fsp3) is 0.364. The molecule has 1 aliphatic heterocycles. The van der Waals surface area contributed by atoms with E-state index in [-0.39, 0.29) is 34.9 Å². The minimum Gasteiger partial charge on any atom is -0.348 e. The van der Waals surface area contributed by atoms with Gasteiger partial charge in [-0.2, -0.15) is 0 Å². The van der Waals surface area contributed by atoms with Crippen molar-refractivity contribution in [1.29, 1.82) is 0 Å². The average Bonchev–Trinajstić information content (AvgIpc) is 2.70. The predicted octanol–water partition coefficient (Wildman–Crippen LogP) is 1.99. The van der Waals surface area contributed by atoms with Crippen LogP contribution in [0.5, 0.6) is 0 Å². The Hall–Kier alpha value is -0.840. The summed E-state index contributed by atoms with van der Waals surface area (Å²) in [4.78, 5) is 11.7. The molecule has 0 saturated carbocycles. The quantitative estimate of drug-likeness (QED) is 0.869. The number of hydrogen-bond donors (Lipinski definition) is 2. The van der Waals surface area contributed by atoms with Crippen molar-refractivity contribution < 1.29 is 9.18 Å². The third kappa shape index (κ3) is 3.56. The van der Waals surface area contributed by atoms with E-state index in [4.69, 9.17) is 11.6 Å². The van der Waals surface area contributed by atoms with Crippen molar-refractivity contribution in [3.8, 4) is 0 Å². The van der Waals surface area contributed by atoms with Gasteiger partial charge in [-0.1, -0.05) is 11.6 Å². The first-order valence-electron chi connectivity index (χ1n) is 5.13. The van der Waals surface area contributed by atoms with Gasteiger partial charge in [-0.05, 0) is 31.2 Å². The molecular formula is C11H13Cl2FN2O. The molecule has 94 valence electrons. The number of benzene rings is 1. The van der Waals surface area contributed by atoms with Gasteiger partial charge in [0.15, 0.2) is 0 Å². The Morgan fingerprint density at radius 2 is 2.29 bits per heavy atom. The molecule has 17 heavy (non-hydrogen) atoms. The number of rotatable bonds is 2. The molecule has 1 saturated heterocycles. The van der Waals surface area contributed by atoms with Crippen molar-refractivity contribution in [2.45, 2.75) is 12.5 Å². The zero-order valence-corrected chi connectivity index (χ0v) is 10.6. The second-order valence-electron chi connectivity index (χ2n) is 3.79. The standard InChI is InChI=1S/C11H12ClFN2O.ClH/c12-7-1-2-9(10(13)5-7)11(16)15-8-3-4-14-6-8;/h1-2,5,8,14H,3-4,6H2,(H,15,16);1H. The SMILES string of the molecule is Cl.O=C(NC1CCNC1)c1ccc(Cl)cc1F. The molecule has 0 spiro atoms. The maximum absolute atomic E-state index is 13.4. The van der Waals surface area contributed by atoms with Crippen LogP contribution in [0.15, 0.2) is 18.2 Å². The highest BCUT2D eigenvalue weighted by Crippen LogP contribution is 2.14. The molecule has 6 heteroatoms. The average molecular weight is 279 g/mol. The largest absolute Gasteiger partial charge is 0.348 e. The van der Waals surface area contributed by atoms with Crippen LogP contribution in [-0.4, -0.2) is 25.0 Å². The Labute approximate surface area is 110 Å². The number of halogens is 3. The molecule has 1 unspecified atom stereocenters. The van der Waals surface area contributed by atoms with Crippen LogP contribution in [0.3, 0.4) is 0 Å². The Balaban J connectivity index is 0.00000144. The predicted molar refractivity (Wildman–Crippen MR) is 67.4 cm³/mol. The van der Waals surface area contributed by atoms with E-state index in [1.54, 1.807) is 0 Å². The summed E-state index contributed by atoms with van der Waals surface area (Å²) in [7, 11) is 0. The molecule has 3 nitrogen and oxygen atoms in total. The van der Waals surface area contributed by atoms with Crippen LogP contribution in [-0.2, 0) is 0 Å². The number of nitrogens with one attached hydrogen (secondary N) is 2. The first kappa shape index (κ1) is 14.2. The lowest BCUT2D eigenvalue weighted by Crippen LogP contribution is -2.36. The Morgan fingerprint density at radius 1 is 1.53 bits per heavy atom. The summed E-state index contributed by atoms with van der Waals surface area (Å²) in [6.07, 6.45) is 0.876. The van der Waals surface area contributed by atoms with Gasteiger partial charge in [0, 0.05) is 17.6 Å². The van der Waals surface area contributed by atoms with Gasteiger partial charge >= 0.3 is 0 Å². The fourth-order valence-corrected chi connectivity index (χ4v) is 1.87. The van der Waals surface area contributed by atoms with E-state index in [1.807, 2.05) is 0 Å². The van der Waals surface area contributed by atoms with Crippen molar-refractivity contribution in [1.82, 2.24) is 10.6 Å². The van der Waals surface area contributed by atoms with Crippen LogP contribution in [0.2, 0.25) is 5.02 Å². The van der Waals surface area contributed by atoms with E-state index in [9.17, 15) is 9.18 Å². The van der Waals surface area contributed by atoms with Gasteiger partial charge < -0.3 is 10.6 Å². The van der Waals surface area contributed by atoms with Crippen molar-refractivity contribution in [3.63, 3.8) is 0 Å². The van der Waals surface area contributed by atoms with E-state index in [2.05, 4.69) is 10.6 Å². The van der Waals surface area contributed by atoms with Crippen LogP contribution < -0.4 is 10.6 Å². The third-order valence-electron chi connectivity index (χ3n) is 2.57. The zero-order chi connectivity index (χ0) is 11.5. The maximum Gasteiger partial charge on any atom is 0.254 e. The zero-order valence-electron chi connectivity index (χ0n) is 9.00.